The number of terminal acetylenes is 1. The Hall–Kier alpha value is -1.41. The minimum Gasteiger partial charge on any atom is -0.465 e. The van der Waals surface area contributed by atoms with Crippen LogP contribution in [0, 0.1) is 12.3 Å². The third kappa shape index (κ3) is 22.6. The van der Waals surface area contributed by atoms with Crippen LogP contribution in [0.1, 0.15) is 0 Å². The van der Waals surface area contributed by atoms with Gasteiger partial charge in [-0.3, -0.25) is 0 Å². The first-order valence-corrected chi connectivity index (χ1v) is 8.14. The zero-order valence-electron chi connectivity index (χ0n) is 14.6. The van der Waals surface area contributed by atoms with E-state index in [4.69, 9.17) is 40.0 Å². The molecule has 0 aromatic rings. The lowest BCUT2D eigenvalue weighted by atomic mass is 10.6. The molecular formula is C16H29NO8. The summed E-state index contributed by atoms with van der Waals surface area (Å²) in [6, 6.07) is 0. The first-order valence-electron chi connectivity index (χ1n) is 8.14. The minimum absolute atomic E-state index is 0.267. The van der Waals surface area contributed by atoms with E-state index in [2.05, 4.69) is 11.2 Å². The van der Waals surface area contributed by atoms with Crippen molar-refractivity contribution in [2.75, 3.05) is 85.8 Å². The molecule has 0 radical (unpaired) electrons. The van der Waals surface area contributed by atoms with E-state index in [0.29, 0.717) is 79.3 Å². The first-order chi connectivity index (χ1) is 12.3. The Morgan fingerprint density at radius 2 is 1.08 bits per heavy atom. The molecule has 0 saturated heterocycles. The SMILES string of the molecule is C#CCOCCOCCOCCOCCOCCOCCNC(=O)O. The number of amides is 1. The van der Waals surface area contributed by atoms with Crippen molar-refractivity contribution in [3.05, 3.63) is 0 Å². The van der Waals surface area contributed by atoms with Crippen molar-refractivity contribution in [3.8, 4) is 12.3 Å². The van der Waals surface area contributed by atoms with Gasteiger partial charge in [0, 0.05) is 6.54 Å². The molecule has 0 aliphatic carbocycles. The Morgan fingerprint density at radius 3 is 1.44 bits per heavy atom. The average Bonchev–Trinajstić information content (AvgIpc) is 2.60. The molecule has 0 bridgehead atoms. The molecule has 0 aliphatic heterocycles. The molecule has 9 nitrogen and oxygen atoms in total. The van der Waals surface area contributed by atoms with Crippen molar-refractivity contribution in [1.29, 1.82) is 0 Å². The fourth-order valence-corrected chi connectivity index (χ4v) is 1.46. The summed E-state index contributed by atoms with van der Waals surface area (Å²) < 4.78 is 31.4. The van der Waals surface area contributed by atoms with Crippen molar-refractivity contribution in [1.82, 2.24) is 5.32 Å². The average molecular weight is 363 g/mol. The van der Waals surface area contributed by atoms with Gasteiger partial charge in [0.25, 0.3) is 0 Å². The maximum Gasteiger partial charge on any atom is 0.404 e. The number of carboxylic acid groups (broad SMARTS) is 1. The molecule has 0 unspecified atom stereocenters. The predicted octanol–water partition coefficient (Wildman–Crippen LogP) is -0.0132. The van der Waals surface area contributed by atoms with Crippen LogP contribution in [-0.2, 0) is 28.4 Å². The molecule has 0 spiro atoms. The summed E-state index contributed by atoms with van der Waals surface area (Å²) in [5.41, 5.74) is 0. The van der Waals surface area contributed by atoms with Crippen LogP contribution in [0.5, 0.6) is 0 Å². The molecule has 2 N–H and O–H groups in total. The van der Waals surface area contributed by atoms with Crippen LogP contribution in [0.25, 0.3) is 0 Å². The van der Waals surface area contributed by atoms with E-state index >= 15 is 0 Å². The molecule has 0 aromatic heterocycles. The van der Waals surface area contributed by atoms with Gasteiger partial charge in [0.1, 0.15) is 6.61 Å². The van der Waals surface area contributed by atoms with E-state index in [1.807, 2.05) is 0 Å². The Labute approximate surface area is 148 Å². The quantitative estimate of drug-likeness (QED) is 0.244. The van der Waals surface area contributed by atoms with Crippen LogP contribution < -0.4 is 5.32 Å². The van der Waals surface area contributed by atoms with Crippen molar-refractivity contribution >= 4 is 6.09 Å². The van der Waals surface area contributed by atoms with E-state index in [0.717, 1.165) is 0 Å². The van der Waals surface area contributed by atoms with Crippen LogP contribution >= 0.6 is 0 Å². The largest absolute Gasteiger partial charge is 0.465 e. The molecule has 0 aromatic carbocycles. The van der Waals surface area contributed by atoms with Gasteiger partial charge in [0.2, 0.25) is 0 Å². The maximum absolute atomic E-state index is 10.2. The molecule has 0 heterocycles. The van der Waals surface area contributed by atoms with Crippen molar-refractivity contribution < 1.29 is 38.3 Å². The molecule has 25 heavy (non-hydrogen) atoms. The van der Waals surface area contributed by atoms with E-state index in [-0.39, 0.29) is 6.54 Å². The highest BCUT2D eigenvalue weighted by molar-refractivity contribution is 5.64. The molecular weight excluding hydrogens is 334 g/mol. The van der Waals surface area contributed by atoms with Gasteiger partial charge in [-0.1, -0.05) is 5.92 Å². The number of nitrogens with one attached hydrogen (secondary N) is 1. The van der Waals surface area contributed by atoms with Gasteiger partial charge in [0.15, 0.2) is 0 Å². The summed E-state index contributed by atoms with van der Waals surface area (Å²) in [7, 11) is 0. The molecule has 0 atom stereocenters. The number of hydrogen-bond acceptors (Lipinski definition) is 7. The maximum atomic E-state index is 10.2. The topological polar surface area (TPSA) is 105 Å². The summed E-state index contributed by atoms with van der Waals surface area (Å²) in [6.07, 6.45) is 3.98. The highest BCUT2D eigenvalue weighted by Gasteiger charge is 1.95. The van der Waals surface area contributed by atoms with E-state index in [1.54, 1.807) is 0 Å². The summed E-state index contributed by atoms with van der Waals surface area (Å²) >= 11 is 0. The lowest BCUT2D eigenvalue weighted by molar-refractivity contribution is -0.0153. The lowest BCUT2D eigenvalue weighted by Gasteiger charge is -2.08. The lowest BCUT2D eigenvalue weighted by Crippen LogP contribution is -2.25. The monoisotopic (exact) mass is 363 g/mol. The first kappa shape index (κ1) is 23.6. The van der Waals surface area contributed by atoms with Gasteiger partial charge in [-0.2, -0.15) is 0 Å². The summed E-state index contributed by atoms with van der Waals surface area (Å²) in [5.74, 6) is 2.38. The zero-order valence-corrected chi connectivity index (χ0v) is 14.6. The van der Waals surface area contributed by atoms with E-state index in [1.165, 1.54) is 0 Å². The van der Waals surface area contributed by atoms with Crippen molar-refractivity contribution in [3.63, 3.8) is 0 Å². The van der Waals surface area contributed by atoms with Crippen molar-refractivity contribution in [2.24, 2.45) is 0 Å². The number of hydrogen-bond donors (Lipinski definition) is 2. The van der Waals surface area contributed by atoms with Gasteiger partial charge in [-0.05, 0) is 0 Å². The smallest absolute Gasteiger partial charge is 0.404 e. The van der Waals surface area contributed by atoms with Gasteiger partial charge in [0.05, 0.1) is 72.7 Å². The normalized spacial score (nSPS) is 10.5. The summed E-state index contributed by atoms with van der Waals surface area (Å²) in [6.45, 7) is 5.68. The predicted molar refractivity (Wildman–Crippen MR) is 89.8 cm³/mol. The Bertz CT molecular complexity index is 335. The highest BCUT2D eigenvalue weighted by atomic mass is 16.6. The third-order valence-electron chi connectivity index (χ3n) is 2.57. The van der Waals surface area contributed by atoms with Crippen LogP contribution in [0.3, 0.4) is 0 Å². The van der Waals surface area contributed by atoms with Crippen LogP contribution in [0.2, 0.25) is 0 Å². The zero-order chi connectivity index (χ0) is 18.4. The van der Waals surface area contributed by atoms with E-state index in [9.17, 15) is 4.79 Å². The number of ether oxygens (including phenoxy) is 6. The Balaban J connectivity index is 2.98. The second kappa shape index (κ2) is 20.6. The second-order valence-corrected chi connectivity index (χ2v) is 4.55. The Morgan fingerprint density at radius 1 is 0.720 bits per heavy atom. The fraction of sp³-hybridized carbons (Fsp3) is 0.812. The number of rotatable bonds is 19. The number of carbonyl (C=O) groups is 1. The molecule has 146 valence electrons. The summed E-state index contributed by atoms with van der Waals surface area (Å²) in [4.78, 5) is 10.2. The van der Waals surface area contributed by atoms with E-state index < -0.39 is 6.09 Å². The molecule has 9 heteroatoms. The molecule has 1 amide bonds. The van der Waals surface area contributed by atoms with Crippen LogP contribution in [-0.4, -0.2) is 97.0 Å². The van der Waals surface area contributed by atoms with Gasteiger partial charge in [-0.15, -0.1) is 6.42 Å². The molecule has 0 saturated carbocycles. The highest BCUT2D eigenvalue weighted by Crippen LogP contribution is 1.84. The molecule has 0 fully saturated rings. The summed E-state index contributed by atoms with van der Waals surface area (Å²) in [5, 5.41) is 10.5. The van der Waals surface area contributed by atoms with Crippen LogP contribution in [0.15, 0.2) is 0 Å². The minimum atomic E-state index is -1.06. The Kier molecular flexibility index (Phi) is 19.5. The van der Waals surface area contributed by atoms with Gasteiger partial charge >= 0.3 is 6.09 Å². The van der Waals surface area contributed by atoms with Crippen molar-refractivity contribution in [2.45, 2.75) is 0 Å². The standard InChI is InChI=1S/C16H29NO8/c1-2-4-20-6-8-22-10-12-24-14-15-25-13-11-23-9-7-21-5-3-17-16(18)19/h1,17H,3-15H2,(H,18,19). The van der Waals surface area contributed by atoms with Gasteiger partial charge in [-0.25, -0.2) is 4.79 Å². The van der Waals surface area contributed by atoms with Gasteiger partial charge < -0.3 is 38.8 Å². The molecule has 0 aliphatic rings. The van der Waals surface area contributed by atoms with Crippen LogP contribution in [0.4, 0.5) is 4.79 Å². The second-order valence-electron chi connectivity index (χ2n) is 4.55. The third-order valence-corrected chi connectivity index (χ3v) is 2.57. The fourth-order valence-electron chi connectivity index (χ4n) is 1.46. The molecule has 0 rings (SSSR count).